The van der Waals surface area contributed by atoms with Gasteiger partial charge in [-0.15, -0.1) is 0 Å². The molecule has 2 N–H and O–H groups in total. The summed E-state index contributed by atoms with van der Waals surface area (Å²) in [6.45, 7) is 1.59. The minimum atomic E-state index is -0.739. The number of hydrogen-bond acceptors (Lipinski definition) is 4. The SMILES string of the molecule is CC(Nc1ccc(O)cc1[N+](=O)[O-])c1ccc(F)cc1F. The topological polar surface area (TPSA) is 75.4 Å². The summed E-state index contributed by atoms with van der Waals surface area (Å²) in [5.41, 5.74) is -0.0165. The predicted molar refractivity (Wildman–Crippen MR) is 73.2 cm³/mol. The van der Waals surface area contributed by atoms with Gasteiger partial charge in [0.1, 0.15) is 23.1 Å². The Morgan fingerprint density at radius 3 is 2.57 bits per heavy atom. The van der Waals surface area contributed by atoms with Crippen molar-refractivity contribution >= 4 is 11.4 Å². The van der Waals surface area contributed by atoms with Crippen molar-refractivity contribution in [3.05, 3.63) is 63.7 Å². The first-order valence-electron chi connectivity index (χ1n) is 6.07. The average Bonchev–Trinajstić information content (AvgIpc) is 2.40. The molecule has 5 nitrogen and oxygen atoms in total. The molecule has 1 atom stereocenters. The van der Waals surface area contributed by atoms with Crippen LogP contribution in [0, 0.1) is 21.7 Å². The third kappa shape index (κ3) is 3.25. The second-order valence-corrected chi connectivity index (χ2v) is 4.49. The van der Waals surface area contributed by atoms with E-state index in [1.54, 1.807) is 6.92 Å². The number of hydrogen-bond donors (Lipinski definition) is 2. The van der Waals surface area contributed by atoms with E-state index in [0.717, 1.165) is 18.2 Å². The van der Waals surface area contributed by atoms with E-state index in [-0.39, 0.29) is 22.7 Å². The molecule has 1 unspecified atom stereocenters. The molecule has 0 radical (unpaired) electrons. The Labute approximate surface area is 119 Å². The second-order valence-electron chi connectivity index (χ2n) is 4.49. The van der Waals surface area contributed by atoms with Crippen molar-refractivity contribution in [2.45, 2.75) is 13.0 Å². The van der Waals surface area contributed by atoms with Crippen molar-refractivity contribution in [3.63, 3.8) is 0 Å². The van der Waals surface area contributed by atoms with E-state index in [1.165, 1.54) is 18.2 Å². The predicted octanol–water partition coefficient (Wildman–Crippen LogP) is 3.75. The van der Waals surface area contributed by atoms with Gasteiger partial charge in [0.15, 0.2) is 0 Å². The summed E-state index contributed by atoms with van der Waals surface area (Å²) in [5.74, 6) is -1.68. The summed E-state index contributed by atoms with van der Waals surface area (Å²) in [6.07, 6.45) is 0. The number of nitrogens with zero attached hydrogens (tertiary/aromatic N) is 1. The van der Waals surface area contributed by atoms with Crippen LogP contribution in [0.1, 0.15) is 18.5 Å². The zero-order valence-electron chi connectivity index (χ0n) is 11.0. The average molecular weight is 294 g/mol. The van der Waals surface area contributed by atoms with Crippen molar-refractivity contribution in [1.82, 2.24) is 0 Å². The zero-order chi connectivity index (χ0) is 15.6. The summed E-state index contributed by atoms with van der Waals surface area (Å²) in [4.78, 5) is 10.3. The fourth-order valence-corrected chi connectivity index (χ4v) is 1.96. The van der Waals surface area contributed by atoms with Crippen LogP contribution in [-0.4, -0.2) is 10.0 Å². The normalized spacial score (nSPS) is 12.0. The molecule has 0 heterocycles. The van der Waals surface area contributed by atoms with Crippen LogP contribution in [0.5, 0.6) is 5.75 Å². The number of halogens is 2. The van der Waals surface area contributed by atoms with Gasteiger partial charge in [-0.25, -0.2) is 8.78 Å². The van der Waals surface area contributed by atoms with Gasteiger partial charge in [0.25, 0.3) is 5.69 Å². The van der Waals surface area contributed by atoms with Crippen LogP contribution in [0.4, 0.5) is 20.2 Å². The molecule has 0 aliphatic rings. The molecule has 0 aliphatic heterocycles. The number of phenols is 1. The lowest BCUT2D eigenvalue weighted by Gasteiger charge is -2.16. The van der Waals surface area contributed by atoms with Crippen LogP contribution in [-0.2, 0) is 0 Å². The molecule has 0 aromatic heterocycles. The monoisotopic (exact) mass is 294 g/mol. The number of nitrogens with one attached hydrogen (secondary N) is 1. The molecule has 0 amide bonds. The first kappa shape index (κ1) is 14.7. The third-order valence-corrected chi connectivity index (χ3v) is 2.98. The Morgan fingerprint density at radius 1 is 1.24 bits per heavy atom. The molecular weight excluding hydrogens is 282 g/mol. The van der Waals surface area contributed by atoms with E-state index < -0.39 is 22.6 Å². The molecule has 0 aliphatic carbocycles. The second kappa shape index (κ2) is 5.74. The van der Waals surface area contributed by atoms with Gasteiger partial charge >= 0.3 is 0 Å². The molecule has 2 rings (SSSR count). The minimum Gasteiger partial charge on any atom is -0.508 e. The van der Waals surface area contributed by atoms with Gasteiger partial charge in [0, 0.05) is 11.6 Å². The van der Waals surface area contributed by atoms with Gasteiger partial charge in [-0.3, -0.25) is 10.1 Å². The molecule has 0 saturated carbocycles. The maximum absolute atomic E-state index is 13.7. The van der Waals surface area contributed by atoms with Gasteiger partial charge < -0.3 is 10.4 Å². The van der Waals surface area contributed by atoms with Crippen LogP contribution < -0.4 is 5.32 Å². The van der Waals surface area contributed by atoms with Crippen molar-refractivity contribution in [2.75, 3.05) is 5.32 Å². The lowest BCUT2D eigenvalue weighted by Crippen LogP contribution is -2.10. The first-order chi connectivity index (χ1) is 9.88. The molecule has 21 heavy (non-hydrogen) atoms. The highest BCUT2D eigenvalue weighted by molar-refractivity contribution is 5.64. The lowest BCUT2D eigenvalue weighted by atomic mass is 10.1. The smallest absolute Gasteiger partial charge is 0.296 e. The summed E-state index contributed by atoms with van der Waals surface area (Å²) in [7, 11) is 0. The molecule has 0 spiro atoms. The highest BCUT2D eigenvalue weighted by Gasteiger charge is 2.18. The quantitative estimate of drug-likeness (QED) is 0.511. The number of anilines is 1. The molecule has 2 aromatic carbocycles. The summed E-state index contributed by atoms with van der Waals surface area (Å²) < 4.78 is 26.5. The third-order valence-electron chi connectivity index (χ3n) is 2.98. The number of nitro benzene ring substituents is 1. The van der Waals surface area contributed by atoms with Crippen molar-refractivity contribution in [3.8, 4) is 5.75 Å². The number of nitro groups is 1. The van der Waals surface area contributed by atoms with Gasteiger partial charge in [-0.2, -0.15) is 0 Å². The van der Waals surface area contributed by atoms with E-state index in [0.29, 0.717) is 0 Å². The molecule has 0 fully saturated rings. The molecule has 110 valence electrons. The van der Waals surface area contributed by atoms with E-state index >= 15 is 0 Å². The van der Waals surface area contributed by atoms with Crippen LogP contribution in [0.15, 0.2) is 36.4 Å². The summed E-state index contributed by atoms with van der Waals surface area (Å²) >= 11 is 0. The van der Waals surface area contributed by atoms with Gasteiger partial charge in [0.05, 0.1) is 17.0 Å². The molecule has 2 aromatic rings. The standard InChI is InChI=1S/C14H12F2N2O3/c1-8(11-4-2-9(15)6-12(11)16)17-13-5-3-10(19)7-14(13)18(20)21/h2-8,17,19H,1H3. The highest BCUT2D eigenvalue weighted by Crippen LogP contribution is 2.31. The Hall–Kier alpha value is -2.70. The number of benzene rings is 2. The summed E-state index contributed by atoms with van der Waals surface area (Å²) in [6, 6.07) is 6.12. The molecule has 0 bridgehead atoms. The van der Waals surface area contributed by atoms with Crippen molar-refractivity contribution in [2.24, 2.45) is 0 Å². The van der Waals surface area contributed by atoms with Crippen LogP contribution in [0.25, 0.3) is 0 Å². The number of rotatable bonds is 4. The maximum Gasteiger partial charge on any atom is 0.296 e. The number of phenolic OH excluding ortho intramolecular Hbond substituents is 1. The van der Waals surface area contributed by atoms with E-state index in [1.807, 2.05) is 0 Å². The van der Waals surface area contributed by atoms with Crippen LogP contribution in [0.2, 0.25) is 0 Å². The lowest BCUT2D eigenvalue weighted by molar-refractivity contribution is -0.384. The van der Waals surface area contributed by atoms with Gasteiger partial charge in [-0.1, -0.05) is 6.07 Å². The highest BCUT2D eigenvalue weighted by atomic mass is 19.1. The fourth-order valence-electron chi connectivity index (χ4n) is 1.96. The number of aromatic hydroxyl groups is 1. The van der Waals surface area contributed by atoms with Crippen LogP contribution >= 0.6 is 0 Å². The van der Waals surface area contributed by atoms with Crippen LogP contribution in [0.3, 0.4) is 0 Å². The Kier molecular flexibility index (Phi) is 4.02. The fraction of sp³-hybridized carbons (Fsp3) is 0.143. The Balaban J connectivity index is 2.31. The molecule has 0 saturated heterocycles. The molecule has 7 heteroatoms. The minimum absolute atomic E-state index is 0.133. The Morgan fingerprint density at radius 2 is 1.95 bits per heavy atom. The van der Waals surface area contributed by atoms with E-state index in [2.05, 4.69) is 5.32 Å². The van der Waals surface area contributed by atoms with Gasteiger partial charge in [0.2, 0.25) is 0 Å². The van der Waals surface area contributed by atoms with Crippen molar-refractivity contribution < 1.29 is 18.8 Å². The zero-order valence-corrected chi connectivity index (χ0v) is 11.0. The van der Waals surface area contributed by atoms with Gasteiger partial charge in [-0.05, 0) is 25.1 Å². The van der Waals surface area contributed by atoms with Crippen molar-refractivity contribution in [1.29, 1.82) is 0 Å². The van der Waals surface area contributed by atoms with E-state index in [9.17, 15) is 24.0 Å². The Bertz CT molecular complexity index is 692. The summed E-state index contributed by atoms with van der Waals surface area (Å²) in [5, 5.41) is 23.0. The first-order valence-corrected chi connectivity index (χ1v) is 6.07. The van der Waals surface area contributed by atoms with E-state index in [4.69, 9.17) is 0 Å². The maximum atomic E-state index is 13.7. The largest absolute Gasteiger partial charge is 0.508 e. The molecular formula is C14H12F2N2O3.